The number of aromatic nitrogens is 3. The number of halogens is 1. The highest BCUT2D eigenvalue weighted by Crippen LogP contribution is 2.26. The Hall–Kier alpha value is -2.44. The number of nitrogens with one attached hydrogen (secondary N) is 1. The van der Waals surface area contributed by atoms with Gasteiger partial charge in [0.1, 0.15) is 5.82 Å². The molecule has 22 heavy (non-hydrogen) atoms. The summed E-state index contributed by atoms with van der Waals surface area (Å²) in [7, 11) is 1.77. The molecule has 7 heteroatoms. The van der Waals surface area contributed by atoms with Crippen molar-refractivity contribution >= 4 is 17.4 Å². The number of amides is 1. The predicted octanol–water partition coefficient (Wildman–Crippen LogP) is 1.73. The number of carbonyl (C=O) groups is 1. The topological polar surface area (TPSA) is 63.1 Å². The zero-order valence-electron chi connectivity index (χ0n) is 12.6. The molecule has 2 aromatic rings. The fourth-order valence-corrected chi connectivity index (χ4v) is 2.64. The number of carbonyl (C=O) groups excluding carboxylic acids is 1. The number of hydrogen-bond donors (Lipinski definition) is 1. The third-order valence-electron chi connectivity index (χ3n) is 4.10. The van der Waals surface area contributed by atoms with Crippen LogP contribution in [0.25, 0.3) is 0 Å². The molecule has 1 N–H and O–H groups in total. The maximum absolute atomic E-state index is 13.8. The fraction of sp³-hybridized carbons (Fsp3) is 0.400. The molecular formula is C15H18FN5O. The minimum absolute atomic E-state index is 0.0950. The van der Waals surface area contributed by atoms with Gasteiger partial charge >= 0.3 is 0 Å². The molecule has 0 radical (unpaired) electrons. The lowest BCUT2D eigenvalue weighted by Gasteiger charge is -2.19. The van der Waals surface area contributed by atoms with Gasteiger partial charge in [-0.25, -0.2) is 4.39 Å². The minimum Gasteiger partial charge on any atom is -0.368 e. The Balaban J connectivity index is 1.66. The van der Waals surface area contributed by atoms with Gasteiger partial charge in [0, 0.05) is 20.1 Å². The van der Waals surface area contributed by atoms with Gasteiger partial charge in [-0.2, -0.15) is 0 Å². The summed E-state index contributed by atoms with van der Waals surface area (Å²) in [6.07, 6.45) is 0.694. The lowest BCUT2D eigenvalue weighted by Crippen LogP contribution is -2.27. The summed E-state index contributed by atoms with van der Waals surface area (Å²) in [5, 5.41) is 10.6. The molecule has 1 aliphatic heterocycles. The first-order valence-electron chi connectivity index (χ1n) is 7.23. The van der Waals surface area contributed by atoms with E-state index in [0.717, 1.165) is 5.69 Å². The Morgan fingerprint density at radius 3 is 2.86 bits per heavy atom. The van der Waals surface area contributed by atoms with Crippen LogP contribution in [-0.2, 0) is 11.8 Å². The Bertz CT molecular complexity index is 699. The van der Waals surface area contributed by atoms with E-state index in [9.17, 15) is 9.18 Å². The summed E-state index contributed by atoms with van der Waals surface area (Å²) < 4.78 is 15.4. The van der Waals surface area contributed by atoms with E-state index in [-0.39, 0.29) is 17.6 Å². The normalized spacial score (nSPS) is 17.8. The summed E-state index contributed by atoms with van der Waals surface area (Å²) >= 11 is 0. The maximum Gasteiger partial charge on any atom is 0.230 e. The van der Waals surface area contributed by atoms with Crippen molar-refractivity contribution in [3.8, 4) is 0 Å². The largest absolute Gasteiger partial charge is 0.368 e. The molecule has 6 nitrogen and oxygen atoms in total. The molecular weight excluding hydrogens is 285 g/mol. The van der Waals surface area contributed by atoms with E-state index >= 15 is 0 Å². The average molecular weight is 303 g/mol. The van der Waals surface area contributed by atoms with Gasteiger partial charge in [-0.1, -0.05) is 17.3 Å². The monoisotopic (exact) mass is 303 g/mol. The van der Waals surface area contributed by atoms with Gasteiger partial charge in [-0.05, 0) is 25.5 Å². The number of para-hydroxylation sites is 1. The molecule has 0 saturated carbocycles. The molecule has 1 aliphatic rings. The minimum atomic E-state index is -0.256. The second-order valence-electron chi connectivity index (χ2n) is 5.52. The van der Waals surface area contributed by atoms with Crippen LogP contribution in [0, 0.1) is 18.7 Å². The van der Waals surface area contributed by atoms with E-state index in [0.29, 0.717) is 31.0 Å². The van der Waals surface area contributed by atoms with E-state index in [1.165, 1.54) is 6.07 Å². The Morgan fingerprint density at radius 2 is 2.18 bits per heavy atom. The van der Waals surface area contributed by atoms with Crippen LogP contribution >= 0.6 is 0 Å². The second kappa shape index (κ2) is 5.75. The Kier molecular flexibility index (Phi) is 3.79. The highest BCUT2D eigenvalue weighted by atomic mass is 19.1. The van der Waals surface area contributed by atoms with E-state index in [1.807, 2.05) is 11.8 Å². The van der Waals surface area contributed by atoms with Gasteiger partial charge in [0.2, 0.25) is 5.91 Å². The number of aryl methyl sites for hydroxylation is 1. The van der Waals surface area contributed by atoms with Crippen molar-refractivity contribution in [2.75, 3.05) is 23.3 Å². The van der Waals surface area contributed by atoms with E-state index in [4.69, 9.17) is 0 Å². The summed E-state index contributed by atoms with van der Waals surface area (Å²) in [6, 6.07) is 6.64. The SMILES string of the molecule is Cc1c(NC(=O)C2CCN(c3ccccc3F)C2)nnn1C. The number of hydrogen-bond acceptors (Lipinski definition) is 4. The van der Waals surface area contributed by atoms with Gasteiger partial charge in [0.05, 0.1) is 17.3 Å². The molecule has 0 bridgehead atoms. The van der Waals surface area contributed by atoms with Crippen molar-refractivity contribution in [2.24, 2.45) is 13.0 Å². The quantitative estimate of drug-likeness (QED) is 0.938. The molecule has 1 atom stereocenters. The highest BCUT2D eigenvalue weighted by molar-refractivity contribution is 5.92. The van der Waals surface area contributed by atoms with Gasteiger partial charge in [0.15, 0.2) is 5.82 Å². The number of anilines is 2. The molecule has 1 saturated heterocycles. The maximum atomic E-state index is 13.8. The van der Waals surface area contributed by atoms with Crippen molar-refractivity contribution in [3.63, 3.8) is 0 Å². The Labute approximate surface area is 127 Å². The van der Waals surface area contributed by atoms with Gasteiger partial charge in [0.25, 0.3) is 0 Å². The van der Waals surface area contributed by atoms with Crippen LogP contribution in [0.15, 0.2) is 24.3 Å². The van der Waals surface area contributed by atoms with Crippen LogP contribution in [0.2, 0.25) is 0 Å². The summed E-state index contributed by atoms with van der Waals surface area (Å²) in [5.74, 6) is -0.0476. The first-order valence-corrected chi connectivity index (χ1v) is 7.23. The molecule has 3 rings (SSSR count). The fourth-order valence-electron chi connectivity index (χ4n) is 2.64. The van der Waals surface area contributed by atoms with Crippen molar-refractivity contribution in [3.05, 3.63) is 35.8 Å². The lowest BCUT2D eigenvalue weighted by molar-refractivity contribution is -0.119. The number of benzene rings is 1. The van der Waals surface area contributed by atoms with Crippen molar-refractivity contribution in [1.29, 1.82) is 0 Å². The van der Waals surface area contributed by atoms with Gasteiger partial charge in [-0.3, -0.25) is 9.48 Å². The van der Waals surface area contributed by atoms with Crippen LogP contribution in [0.3, 0.4) is 0 Å². The average Bonchev–Trinajstić information content (AvgIpc) is 3.10. The van der Waals surface area contributed by atoms with Crippen molar-refractivity contribution < 1.29 is 9.18 Å². The van der Waals surface area contributed by atoms with Crippen LogP contribution in [0.5, 0.6) is 0 Å². The third-order valence-corrected chi connectivity index (χ3v) is 4.10. The second-order valence-corrected chi connectivity index (χ2v) is 5.52. The third kappa shape index (κ3) is 2.66. The summed E-state index contributed by atoms with van der Waals surface area (Å²) in [5.41, 5.74) is 1.35. The standard InChI is InChI=1S/C15H18FN5O/c1-10-14(18-19-20(10)2)17-15(22)11-7-8-21(9-11)13-6-4-3-5-12(13)16/h3-6,11H,7-9H2,1-2H3,(H,17,22). The molecule has 1 amide bonds. The first-order chi connectivity index (χ1) is 10.6. The zero-order chi connectivity index (χ0) is 15.7. The molecule has 0 aliphatic carbocycles. The number of rotatable bonds is 3. The van der Waals surface area contributed by atoms with Gasteiger partial charge < -0.3 is 10.2 Å². The van der Waals surface area contributed by atoms with Crippen molar-refractivity contribution in [2.45, 2.75) is 13.3 Å². The molecule has 1 aromatic carbocycles. The molecule has 116 valence electrons. The number of nitrogens with zero attached hydrogens (tertiary/aromatic N) is 4. The zero-order valence-corrected chi connectivity index (χ0v) is 12.6. The highest BCUT2D eigenvalue weighted by Gasteiger charge is 2.30. The molecule has 1 unspecified atom stereocenters. The smallest absolute Gasteiger partial charge is 0.230 e. The van der Waals surface area contributed by atoms with Crippen LogP contribution in [0.4, 0.5) is 15.9 Å². The van der Waals surface area contributed by atoms with E-state index < -0.39 is 0 Å². The summed E-state index contributed by atoms with van der Waals surface area (Å²) in [6.45, 7) is 3.01. The molecule has 1 fully saturated rings. The van der Waals surface area contributed by atoms with Crippen LogP contribution in [0.1, 0.15) is 12.1 Å². The predicted molar refractivity (Wildman–Crippen MR) is 81.1 cm³/mol. The molecule has 0 spiro atoms. The lowest BCUT2D eigenvalue weighted by atomic mass is 10.1. The van der Waals surface area contributed by atoms with E-state index in [2.05, 4.69) is 15.6 Å². The van der Waals surface area contributed by atoms with Crippen LogP contribution < -0.4 is 10.2 Å². The first kappa shape index (κ1) is 14.5. The molecule has 1 aromatic heterocycles. The van der Waals surface area contributed by atoms with Crippen LogP contribution in [-0.4, -0.2) is 34.0 Å². The summed E-state index contributed by atoms with van der Waals surface area (Å²) in [4.78, 5) is 14.2. The van der Waals surface area contributed by atoms with E-state index in [1.54, 1.807) is 29.9 Å². The van der Waals surface area contributed by atoms with Gasteiger partial charge in [-0.15, -0.1) is 5.10 Å². The van der Waals surface area contributed by atoms with Crippen molar-refractivity contribution in [1.82, 2.24) is 15.0 Å². The Morgan fingerprint density at radius 1 is 1.41 bits per heavy atom. The molecule has 2 heterocycles.